The summed E-state index contributed by atoms with van der Waals surface area (Å²) >= 11 is 0. The summed E-state index contributed by atoms with van der Waals surface area (Å²) in [5, 5.41) is 0.443. The Morgan fingerprint density at radius 3 is 2.50 bits per heavy atom. The topological polar surface area (TPSA) is 64.3 Å². The number of carbonyl (C=O) groups excluding carboxylic acids is 1. The lowest BCUT2D eigenvalue weighted by Crippen LogP contribution is -2.43. The highest BCUT2D eigenvalue weighted by Crippen LogP contribution is 2.09. The van der Waals surface area contributed by atoms with Crippen LogP contribution in [0.2, 0.25) is 0 Å². The van der Waals surface area contributed by atoms with Gasteiger partial charge < -0.3 is 4.90 Å². The third-order valence-corrected chi connectivity index (χ3v) is 3.30. The summed E-state index contributed by atoms with van der Waals surface area (Å²) in [7, 11) is 4.77. The van der Waals surface area contributed by atoms with E-state index in [9.17, 15) is 14.4 Å². The summed E-state index contributed by atoms with van der Waals surface area (Å²) in [6, 6.07) is 5.32. The monoisotopic (exact) mass is 275 g/mol. The Bertz CT molecular complexity index is 800. The van der Waals surface area contributed by atoms with Crippen LogP contribution in [0, 0.1) is 6.92 Å². The molecule has 0 N–H and O–H groups in total. The minimum Gasteiger partial charge on any atom is -0.347 e. The fourth-order valence-electron chi connectivity index (χ4n) is 2.05. The Hall–Kier alpha value is -2.37. The van der Waals surface area contributed by atoms with E-state index >= 15 is 0 Å². The third-order valence-electron chi connectivity index (χ3n) is 3.30. The number of hydrogen-bond acceptors (Lipinski definition) is 3. The van der Waals surface area contributed by atoms with E-state index in [0.29, 0.717) is 10.9 Å². The van der Waals surface area contributed by atoms with E-state index in [1.54, 1.807) is 33.3 Å². The normalized spacial score (nSPS) is 10.8. The van der Waals surface area contributed by atoms with Crippen molar-refractivity contribution in [2.75, 3.05) is 14.1 Å². The molecule has 2 rings (SSSR count). The molecule has 2 aromatic rings. The first-order valence-electron chi connectivity index (χ1n) is 6.23. The van der Waals surface area contributed by atoms with Gasteiger partial charge in [0, 0.05) is 21.1 Å². The molecule has 6 nitrogen and oxygen atoms in total. The maximum absolute atomic E-state index is 12.4. The molecule has 0 atom stereocenters. The van der Waals surface area contributed by atoms with Gasteiger partial charge in [-0.15, -0.1) is 0 Å². The molecule has 0 aliphatic heterocycles. The average Bonchev–Trinajstić information content (AvgIpc) is 2.40. The maximum Gasteiger partial charge on any atom is 0.331 e. The van der Waals surface area contributed by atoms with Crippen molar-refractivity contribution >= 4 is 16.8 Å². The fourth-order valence-corrected chi connectivity index (χ4v) is 2.05. The molecular formula is C14H17N3O3. The van der Waals surface area contributed by atoms with Crippen LogP contribution in [0.5, 0.6) is 0 Å². The molecular weight excluding hydrogens is 258 g/mol. The van der Waals surface area contributed by atoms with Gasteiger partial charge in [0.25, 0.3) is 5.56 Å². The van der Waals surface area contributed by atoms with E-state index in [-0.39, 0.29) is 12.5 Å². The average molecular weight is 275 g/mol. The molecule has 20 heavy (non-hydrogen) atoms. The first-order chi connectivity index (χ1) is 9.32. The number of aryl methyl sites for hydroxylation is 2. The van der Waals surface area contributed by atoms with Gasteiger partial charge in [0.05, 0.1) is 10.9 Å². The molecule has 0 bridgehead atoms. The zero-order chi connectivity index (χ0) is 15.0. The van der Waals surface area contributed by atoms with Crippen molar-refractivity contribution in [3.8, 4) is 0 Å². The molecule has 0 unspecified atom stereocenters. The van der Waals surface area contributed by atoms with Crippen LogP contribution in [0.25, 0.3) is 10.9 Å². The first kappa shape index (κ1) is 14.0. The highest BCUT2D eigenvalue weighted by molar-refractivity contribution is 5.80. The number of likely N-dealkylation sites (N-methyl/N-ethyl adjacent to an activating group) is 1. The summed E-state index contributed by atoms with van der Waals surface area (Å²) in [6.45, 7) is 1.63. The lowest BCUT2D eigenvalue weighted by atomic mass is 10.1. The highest BCUT2D eigenvalue weighted by Gasteiger charge is 2.14. The molecule has 106 valence electrons. The van der Waals surface area contributed by atoms with Gasteiger partial charge in [0.2, 0.25) is 5.91 Å². The van der Waals surface area contributed by atoms with Crippen LogP contribution in [-0.2, 0) is 18.4 Å². The summed E-state index contributed by atoms with van der Waals surface area (Å²) in [6.07, 6.45) is 0. The second kappa shape index (κ2) is 4.96. The van der Waals surface area contributed by atoms with Crippen molar-refractivity contribution in [2.45, 2.75) is 13.5 Å². The summed E-state index contributed by atoms with van der Waals surface area (Å²) < 4.78 is 2.36. The Morgan fingerprint density at radius 2 is 1.90 bits per heavy atom. The van der Waals surface area contributed by atoms with Gasteiger partial charge in [-0.2, -0.15) is 0 Å². The quantitative estimate of drug-likeness (QED) is 0.780. The number of benzene rings is 1. The molecule has 6 heteroatoms. The molecule has 0 aliphatic rings. The van der Waals surface area contributed by atoms with Crippen LogP contribution in [0.1, 0.15) is 5.56 Å². The number of fused-ring (bicyclic) bond motifs is 1. The molecule has 1 aromatic heterocycles. The fraction of sp³-hybridized carbons (Fsp3) is 0.357. The number of nitrogens with zero attached hydrogens (tertiary/aromatic N) is 3. The Balaban J connectivity index is 2.76. The van der Waals surface area contributed by atoms with E-state index < -0.39 is 11.2 Å². The number of carbonyl (C=O) groups is 1. The van der Waals surface area contributed by atoms with Crippen LogP contribution in [-0.4, -0.2) is 34.0 Å². The minimum atomic E-state index is -0.485. The molecule has 1 amide bonds. The van der Waals surface area contributed by atoms with E-state index in [2.05, 4.69) is 0 Å². The number of rotatable bonds is 2. The second-order valence-electron chi connectivity index (χ2n) is 5.04. The van der Waals surface area contributed by atoms with Gasteiger partial charge in [-0.25, -0.2) is 4.79 Å². The number of aromatic nitrogens is 2. The lowest BCUT2D eigenvalue weighted by Gasteiger charge is -2.13. The van der Waals surface area contributed by atoms with Crippen LogP contribution in [0.4, 0.5) is 0 Å². The zero-order valence-corrected chi connectivity index (χ0v) is 12.0. The van der Waals surface area contributed by atoms with Crippen molar-refractivity contribution in [1.29, 1.82) is 0 Å². The number of amides is 1. The minimum absolute atomic E-state index is 0.248. The Morgan fingerprint density at radius 1 is 1.25 bits per heavy atom. The smallest absolute Gasteiger partial charge is 0.331 e. The summed E-state index contributed by atoms with van der Waals surface area (Å²) in [5.74, 6) is -0.295. The van der Waals surface area contributed by atoms with E-state index in [4.69, 9.17) is 0 Å². The lowest BCUT2D eigenvalue weighted by molar-refractivity contribution is -0.129. The second-order valence-corrected chi connectivity index (χ2v) is 5.04. The van der Waals surface area contributed by atoms with Gasteiger partial charge in [-0.1, -0.05) is 11.6 Å². The summed E-state index contributed by atoms with van der Waals surface area (Å²) in [5.41, 5.74) is 0.585. The van der Waals surface area contributed by atoms with E-state index in [0.717, 1.165) is 10.1 Å². The van der Waals surface area contributed by atoms with Gasteiger partial charge in [-0.3, -0.25) is 18.7 Å². The molecule has 1 aromatic carbocycles. The predicted molar refractivity (Wildman–Crippen MR) is 76.9 cm³/mol. The van der Waals surface area contributed by atoms with Gasteiger partial charge in [0.15, 0.2) is 0 Å². The molecule has 0 saturated heterocycles. The molecule has 0 radical (unpaired) electrons. The maximum atomic E-state index is 12.4. The first-order valence-corrected chi connectivity index (χ1v) is 6.23. The van der Waals surface area contributed by atoms with Gasteiger partial charge in [0.1, 0.15) is 6.54 Å². The van der Waals surface area contributed by atoms with Crippen molar-refractivity contribution < 1.29 is 4.79 Å². The molecule has 0 spiro atoms. The number of hydrogen-bond donors (Lipinski definition) is 0. The predicted octanol–water partition coefficient (Wildman–Crippen LogP) is 0.0968. The zero-order valence-electron chi connectivity index (χ0n) is 12.0. The van der Waals surface area contributed by atoms with Gasteiger partial charge >= 0.3 is 5.69 Å². The Labute approximate surface area is 115 Å². The van der Waals surface area contributed by atoms with Crippen molar-refractivity contribution in [2.24, 2.45) is 7.05 Å². The van der Waals surface area contributed by atoms with Crippen LogP contribution in [0.15, 0.2) is 27.8 Å². The van der Waals surface area contributed by atoms with Crippen LogP contribution < -0.4 is 11.2 Å². The third kappa shape index (κ3) is 2.24. The van der Waals surface area contributed by atoms with Crippen LogP contribution >= 0.6 is 0 Å². The van der Waals surface area contributed by atoms with Crippen molar-refractivity contribution in [3.05, 3.63) is 44.6 Å². The van der Waals surface area contributed by atoms with Gasteiger partial charge in [-0.05, 0) is 19.1 Å². The Kier molecular flexibility index (Phi) is 3.48. The molecule has 0 saturated carbocycles. The summed E-state index contributed by atoms with van der Waals surface area (Å²) in [4.78, 5) is 37.7. The van der Waals surface area contributed by atoms with Crippen LogP contribution in [0.3, 0.4) is 0 Å². The van der Waals surface area contributed by atoms with E-state index in [1.165, 1.54) is 9.47 Å². The SMILES string of the molecule is Cc1ccc2c(c1)c(=O)n(CC(=O)N(C)C)c(=O)n2C. The van der Waals surface area contributed by atoms with Crippen molar-refractivity contribution in [3.63, 3.8) is 0 Å². The standard InChI is InChI=1S/C14H17N3O3/c1-9-5-6-11-10(7-9)13(19)17(14(20)16(11)4)8-12(18)15(2)3/h5-7H,8H2,1-4H3. The highest BCUT2D eigenvalue weighted by atomic mass is 16.2. The van der Waals surface area contributed by atoms with E-state index in [1.807, 2.05) is 13.0 Å². The molecule has 1 heterocycles. The molecule has 0 fully saturated rings. The largest absolute Gasteiger partial charge is 0.347 e. The van der Waals surface area contributed by atoms with Crippen molar-refractivity contribution in [1.82, 2.24) is 14.0 Å². The molecule has 0 aliphatic carbocycles.